The second kappa shape index (κ2) is 4.62. The molecule has 0 aliphatic heterocycles. The fraction of sp³-hybridized carbons (Fsp3) is 0. The van der Waals surface area contributed by atoms with Gasteiger partial charge in [-0.2, -0.15) is 0 Å². The molecule has 0 fully saturated rings. The number of aldehydes is 2. The van der Waals surface area contributed by atoms with E-state index in [-0.39, 0.29) is 11.3 Å². The highest BCUT2D eigenvalue weighted by Crippen LogP contribution is 2.27. The molecule has 20 heavy (non-hydrogen) atoms. The fourth-order valence-corrected chi connectivity index (χ4v) is 2.06. The molecule has 1 aromatic heterocycles. The largest absolute Gasteiger partial charge is 0.507 e. The predicted molar refractivity (Wildman–Crippen MR) is 74.0 cm³/mol. The smallest absolute Gasteiger partial charge is 0.156 e. The van der Waals surface area contributed by atoms with Crippen molar-refractivity contribution in [3.05, 3.63) is 47.5 Å². The van der Waals surface area contributed by atoms with Crippen LogP contribution in [0.5, 0.6) is 5.75 Å². The number of phenolic OH excluding ortho intramolecular Hbond substituents is 1. The molecule has 3 rings (SSSR count). The Morgan fingerprint density at radius 2 is 1.75 bits per heavy atom. The first-order valence-electron chi connectivity index (χ1n) is 5.95. The summed E-state index contributed by atoms with van der Waals surface area (Å²) in [5.41, 5.74) is 2.63. The van der Waals surface area contributed by atoms with E-state index in [9.17, 15) is 14.7 Å². The van der Waals surface area contributed by atoms with Crippen molar-refractivity contribution < 1.29 is 14.7 Å². The Morgan fingerprint density at radius 1 is 1.00 bits per heavy atom. The van der Waals surface area contributed by atoms with E-state index in [4.69, 9.17) is 0 Å². The first-order valence-corrected chi connectivity index (χ1v) is 5.95. The number of aromatic amines is 1. The normalized spacial score (nSPS) is 10.6. The average molecular weight is 266 g/mol. The molecule has 0 spiro atoms. The van der Waals surface area contributed by atoms with Crippen LogP contribution >= 0.6 is 0 Å². The molecule has 0 aliphatic rings. The first-order chi connectivity index (χ1) is 9.72. The van der Waals surface area contributed by atoms with Gasteiger partial charge in [-0.15, -0.1) is 0 Å². The summed E-state index contributed by atoms with van der Waals surface area (Å²) >= 11 is 0. The highest BCUT2D eigenvalue weighted by molar-refractivity contribution is 5.98. The number of H-pyrrole nitrogens is 1. The molecule has 3 aromatic rings. The molecule has 0 aliphatic carbocycles. The molecule has 0 radical (unpaired) electrons. The first kappa shape index (κ1) is 12.1. The zero-order valence-corrected chi connectivity index (χ0v) is 10.3. The number of nitrogens with one attached hydrogen (secondary N) is 1. The van der Waals surface area contributed by atoms with Gasteiger partial charge >= 0.3 is 0 Å². The minimum atomic E-state index is -0.0955. The molecular weight excluding hydrogens is 256 g/mol. The number of aromatic nitrogens is 2. The number of nitrogens with zero attached hydrogens (tertiary/aromatic N) is 1. The monoisotopic (exact) mass is 266 g/mol. The summed E-state index contributed by atoms with van der Waals surface area (Å²) in [4.78, 5) is 29.1. The molecule has 5 nitrogen and oxygen atoms in total. The number of rotatable bonds is 3. The lowest BCUT2D eigenvalue weighted by atomic mass is 10.1. The Hall–Kier alpha value is -2.95. The Kier molecular flexibility index (Phi) is 2.80. The van der Waals surface area contributed by atoms with Gasteiger partial charge in [0, 0.05) is 11.1 Å². The zero-order chi connectivity index (χ0) is 14.1. The molecule has 0 atom stereocenters. The number of hydrogen-bond donors (Lipinski definition) is 2. The number of benzene rings is 2. The molecule has 2 N–H and O–H groups in total. The van der Waals surface area contributed by atoms with Gasteiger partial charge in [0.05, 0.1) is 11.1 Å². The van der Waals surface area contributed by atoms with Gasteiger partial charge in [0.1, 0.15) is 23.4 Å². The fourth-order valence-electron chi connectivity index (χ4n) is 2.06. The van der Waals surface area contributed by atoms with Gasteiger partial charge in [-0.05, 0) is 12.1 Å². The van der Waals surface area contributed by atoms with Gasteiger partial charge in [0.15, 0.2) is 6.29 Å². The number of carbonyl (C=O) groups is 2. The van der Waals surface area contributed by atoms with Crippen LogP contribution in [-0.4, -0.2) is 27.6 Å². The molecule has 0 unspecified atom stereocenters. The van der Waals surface area contributed by atoms with E-state index in [2.05, 4.69) is 9.97 Å². The van der Waals surface area contributed by atoms with Crippen LogP contribution in [0.1, 0.15) is 20.7 Å². The lowest BCUT2D eigenvalue weighted by Crippen LogP contribution is -1.84. The van der Waals surface area contributed by atoms with E-state index >= 15 is 0 Å². The Morgan fingerprint density at radius 3 is 2.40 bits per heavy atom. The molecular formula is C15H10N2O3. The summed E-state index contributed by atoms with van der Waals surface area (Å²) < 4.78 is 0. The van der Waals surface area contributed by atoms with E-state index in [1.54, 1.807) is 30.3 Å². The third kappa shape index (κ3) is 1.85. The van der Waals surface area contributed by atoms with Gasteiger partial charge in [-0.25, -0.2) is 4.98 Å². The maximum Gasteiger partial charge on any atom is 0.156 e. The van der Waals surface area contributed by atoms with Crippen LogP contribution in [0.25, 0.3) is 22.4 Å². The van der Waals surface area contributed by atoms with Gasteiger partial charge in [-0.1, -0.05) is 24.3 Å². The third-order valence-corrected chi connectivity index (χ3v) is 3.11. The number of aromatic hydroxyl groups is 1. The average Bonchev–Trinajstić information content (AvgIpc) is 2.91. The molecule has 98 valence electrons. The summed E-state index contributed by atoms with van der Waals surface area (Å²) in [7, 11) is 0. The molecule has 0 saturated heterocycles. The highest BCUT2D eigenvalue weighted by Gasteiger charge is 2.12. The summed E-state index contributed by atoms with van der Waals surface area (Å²) in [5, 5.41) is 9.63. The number of carbonyl (C=O) groups excluding carboxylic acids is 2. The minimum absolute atomic E-state index is 0.0955. The standard InChI is InChI=1S/C15H10N2O3/c18-7-9-1-3-10(4-2-9)15-16-12-5-6-13(20)11(8-19)14(12)17-15/h1-8,20H,(H,16,17). The van der Waals surface area contributed by atoms with Crippen molar-refractivity contribution in [3.63, 3.8) is 0 Å². The number of imidazole rings is 1. The van der Waals surface area contributed by atoms with Crippen LogP contribution < -0.4 is 0 Å². The van der Waals surface area contributed by atoms with Crippen LogP contribution in [0.2, 0.25) is 0 Å². The molecule has 5 heteroatoms. The predicted octanol–water partition coefficient (Wildman–Crippen LogP) is 2.56. The van der Waals surface area contributed by atoms with Crippen molar-refractivity contribution >= 4 is 23.6 Å². The summed E-state index contributed by atoms with van der Waals surface area (Å²) in [5.74, 6) is 0.480. The minimum Gasteiger partial charge on any atom is -0.507 e. The molecule has 0 saturated carbocycles. The highest BCUT2D eigenvalue weighted by atomic mass is 16.3. The van der Waals surface area contributed by atoms with Crippen LogP contribution in [0.4, 0.5) is 0 Å². The topological polar surface area (TPSA) is 83.1 Å². The van der Waals surface area contributed by atoms with Crippen molar-refractivity contribution in [3.8, 4) is 17.1 Å². The van der Waals surface area contributed by atoms with Crippen LogP contribution in [0.3, 0.4) is 0 Å². The Labute approximate surface area is 113 Å². The zero-order valence-electron chi connectivity index (χ0n) is 10.3. The van der Waals surface area contributed by atoms with E-state index in [0.717, 1.165) is 11.8 Å². The van der Waals surface area contributed by atoms with Gasteiger partial charge < -0.3 is 10.1 Å². The van der Waals surface area contributed by atoms with Gasteiger partial charge in [0.25, 0.3) is 0 Å². The van der Waals surface area contributed by atoms with E-state index in [0.29, 0.717) is 28.7 Å². The Balaban J connectivity index is 2.17. The second-order valence-corrected chi connectivity index (χ2v) is 4.34. The molecule has 1 heterocycles. The van der Waals surface area contributed by atoms with Gasteiger partial charge in [-0.3, -0.25) is 9.59 Å². The second-order valence-electron chi connectivity index (χ2n) is 4.34. The van der Waals surface area contributed by atoms with Crippen molar-refractivity contribution in [2.24, 2.45) is 0 Å². The van der Waals surface area contributed by atoms with E-state index in [1.807, 2.05) is 0 Å². The number of hydrogen-bond acceptors (Lipinski definition) is 4. The lowest BCUT2D eigenvalue weighted by Gasteiger charge is -1.96. The van der Waals surface area contributed by atoms with Crippen molar-refractivity contribution in [1.29, 1.82) is 0 Å². The maximum atomic E-state index is 11.0. The molecule has 0 amide bonds. The van der Waals surface area contributed by atoms with Crippen molar-refractivity contribution in [2.45, 2.75) is 0 Å². The van der Waals surface area contributed by atoms with Crippen LogP contribution in [0, 0.1) is 0 Å². The number of phenols is 1. The third-order valence-electron chi connectivity index (χ3n) is 3.11. The summed E-state index contributed by atoms with van der Waals surface area (Å²) in [6.45, 7) is 0. The molecule has 2 aromatic carbocycles. The van der Waals surface area contributed by atoms with Gasteiger partial charge in [0.2, 0.25) is 0 Å². The van der Waals surface area contributed by atoms with Crippen molar-refractivity contribution in [1.82, 2.24) is 9.97 Å². The quantitative estimate of drug-likeness (QED) is 0.714. The summed E-state index contributed by atoms with van der Waals surface area (Å²) in [6.07, 6.45) is 1.35. The summed E-state index contributed by atoms with van der Waals surface area (Å²) in [6, 6.07) is 10.0. The lowest BCUT2D eigenvalue weighted by molar-refractivity contribution is 0.111. The van der Waals surface area contributed by atoms with Crippen LogP contribution in [0.15, 0.2) is 36.4 Å². The van der Waals surface area contributed by atoms with Crippen LogP contribution in [-0.2, 0) is 0 Å². The van der Waals surface area contributed by atoms with Crippen molar-refractivity contribution in [2.75, 3.05) is 0 Å². The van der Waals surface area contributed by atoms with E-state index in [1.165, 1.54) is 6.07 Å². The number of fused-ring (bicyclic) bond motifs is 1. The Bertz CT molecular complexity index is 804. The molecule has 0 bridgehead atoms. The SMILES string of the molecule is O=Cc1ccc(-c2nc3c(C=O)c(O)ccc3[nH]2)cc1. The van der Waals surface area contributed by atoms with E-state index < -0.39 is 0 Å². The maximum absolute atomic E-state index is 11.0.